The van der Waals surface area contributed by atoms with Crippen molar-refractivity contribution >= 4 is 0 Å². The van der Waals surface area contributed by atoms with Crippen molar-refractivity contribution in [1.29, 1.82) is 0 Å². The Labute approximate surface area is 86.2 Å². The first-order chi connectivity index (χ1) is 7.24. The maximum Gasteiger partial charge on any atom is 0.129 e. The zero-order valence-corrected chi connectivity index (χ0v) is 7.89. The second kappa shape index (κ2) is 4.19. The van der Waals surface area contributed by atoms with Crippen LogP contribution >= 0.6 is 0 Å². The molecular formula is C9H12N2O4. The van der Waals surface area contributed by atoms with Crippen LogP contribution in [0.5, 0.6) is 0 Å². The Morgan fingerprint density at radius 2 is 2.13 bits per heavy atom. The molecule has 0 bridgehead atoms. The first-order valence-electron chi connectivity index (χ1n) is 4.62. The van der Waals surface area contributed by atoms with E-state index in [4.69, 9.17) is 9.84 Å². The highest BCUT2D eigenvalue weighted by Crippen LogP contribution is 2.31. The van der Waals surface area contributed by atoms with Gasteiger partial charge in [0, 0.05) is 6.20 Å². The Bertz CT molecular complexity index is 321. The first-order valence-corrected chi connectivity index (χ1v) is 4.62. The standard InChI is InChI=1S/C9H12N2O4/c12-3-6-7(13)8(14)9(15-6)5-1-2-10-4-11-5/h1-2,4,6-9,12-14H,3H2/t6-,7-,8-,9?/m1/s1. The molecule has 15 heavy (non-hydrogen) atoms. The second-order valence-corrected chi connectivity index (χ2v) is 3.39. The van der Waals surface area contributed by atoms with Gasteiger partial charge in [-0.25, -0.2) is 9.97 Å². The first kappa shape index (κ1) is 10.4. The summed E-state index contributed by atoms with van der Waals surface area (Å²) in [5, 5.41) is 28.1. The molecule has 2 heterocycles. The molecule has 0 radical (unpaired) electrons. The number of hydrogen-bond acceptors (Lipinski definition) is 6. The van der Waals surface area contributed by atoms with Crippen molar-refractivity contribution in [2.45, 2.75) is 24.4 Å². The fraction of sp³-hybridized carbons (Fsp3) is 0.556. The zero-order valence-electron chi connectivity index (χ0n) is 7.89. The maximum atomic E-state index is 9.67. The van der Waals surface area contributed by atoms with Gasteiger partial charge in [-0.15, -0.1) is 0 Å². The maximum absolute atomic E-state index is 9.67. The van der Waals surface area contributed by atoms with Crippen LogP contribution in [0.15, 0.2) is 18.6 Å². The highest BCUT2D eigenvalue weighted by Gasteiger charge is 2.43. The summed E-state index contributed by atoms with van der Waals surface area (Å²) in [7, 11) is 0. The van der Waals surface area contributed by atoms with Crippen molar-refractivity contribution in [2.75, 3.05) is 6.61 Å². The summed E-state index contributed by atoms with van der Waals surface area (Å²) < 4.78 is 5.28. The van der Waals surface area contributed by atoms with E-state index in [1.807, 2.05) is 0 Å². The van der Waals surface area contributed by atoms with E-state index in [9.17, 15) is 10.2 Å². The van der Waals surface area contributed by atoms with Gasteiger partial charge in [0.2, 0.25) is 0 Å². The van der Waals surface area contributed by atoms with Crippen LogP contribution in [-0.2, 0) is 4.74 Å². The molecular weight excluding hydrogens is 200 g/mol. The Kier molecular flexibility index (Phi) is 2.92. The van der Waals surface area contributed by atoms with Crippen LogP contribution in [0.3, 0.4) is 0 Å². The fourth-order valence-electron chi connectivity index (χ4n) is 1.61. The zero-order chi connectivity index (χ0) is 10.8. The minimum Gasteiger partial charge on any atom is -0.394 e. The summed E-state index contributed by atoms with van der Waals surface area (Å²) in [4.78, 5) is 7.67. The van der Waals surface area contributed by atoms with Gasteiger partial charge >= 0.3 is 0 Å². The van der Waals surface area contributed by atoms with Crippen molar-refractivity contribution in [3.05, 3.63) is 24.3 Å². The molecule has 1 aliphatic heterocycles. The molecule has 2 rings (SSSR count). The molecule has 6 nitrogen and oxygen atoms in total. The molecule has 1 saturated heterocycles. The lowest BCUT2D eigenvalue weighted by molar-refractivity contribution is -0.0239. The van der Waals surface area contributed by atoms with E-state index < -0.39 is 24.4 Å². The summed E-state index contributed by atoms with van der Waals surface area (Å²) >= 11 is 0. The number of nitrogens with zero attached hydrogens (tertiary/aromatic N) is 2. The van der Waals surface area contributed by atoms with E-state index in [1.165, 1.54) is 12.5 Å². The van der Waals surface area contributed by atoms with Gasteiger partial charge in [-0.3, -0.25) is 0 Å². The number of rotatable bonds is 2. The number of aliphatic hydroxyl groups excluding tert-OH is 3. The summed E-state index contributed by atoms with van der Waals surface area (Å²) in [5.41, 5.74) is 0.493. The molecule has 0 aliphatic carbocycles. The third kappa shape index (κ3) is 1.84. The molecule has 1 aliphatic rings. The molecule has 82 valence electrons. The molecule has 0 spiro atoms. The lowest BCUT2D eigenvalue weighted by Gasteiger charge is -2.12. The van der Waals surface area contributed by atoms with E-state index in [2.05, 4.69) is 9.97 Å². The topological polar surface area (TPSA) is 95.7 Å². The van der Waals surface area contributed by atoms with E-state index in [0.717, 1.165) is 0 Å². The van der Waals surface area contributed by atoms with Crippen LogP contribution in [0.2, 0.25) is 0 Å². The van der Waals surface area contributed by atoms with Gasteiger partial charge in [-0.05, 0) is 6.07 Å². The van der Waals surface area contributed by atoms with E-state index in [-0.39, 0.29) is 6.61 Å². The highest BCUT2D eigenvalue weighted by atomic mass is 16.6. The Hall–Kier alpha value is -1.08. The van der Waals surface area contributed by atoms with Gasteiger partial charge in [0.1, 0.15) is 30.7 Å². The van der Waals surface area contributed by atoms with Gasteiger partial charge in [0.25, 0.3) is 0 Å². The molecule has 4 atom stereocenters. The van der Waals surface area contributed by atoms with Crippen LogP contribution < -0.4 is 0 Å². The summed E-state index contributed by atoms with van der Waals surface area (Å²) in [6.07, 6.45) is -0.770. The predicted octanol–water partition coefficient (Wildman–Crippen LogP) is -1.37. The van der Waals surface area contributed by atoms with E-state index >= 15 is 0 Å². The molecule has 1 unspecified atom stereocenters. The van der Waals surface area contributed by atoms with Crippen LogP contribution in [0.4, 0.5) is 0 Å². The van der Waals surface area contributed by atoms with Crippen molar-refractivity contribution in [3.63, 3.8) is 0 Å². The average Bonchev–Trinajstić information content (AvgIpc) is 2.57. The van der Waals surface area contributed by atoms with E-state index in [0.29, 0.717) is 5.69 Å². The predicted molar refractivity (Wildman–Crippen MR) is 48.7 cm³/mol. The second-order valence-electron chi connectivity index (χ2n) is 3.39. The van der Waals surface area contributed by atoms with Gasteiger partial charge in [0.15, 0.2) is 0 Å². The minimum atomic E-state index is -1.09. The molecule has 0 amide bonds. The minimum absolute atomic E-state index is 0.334. The van der Waals surface area contributed by atoms with Gasteiger partial charge in [0.05, 0.1) is 12.3 Å². The molecule has 1 fully saturated rings. The smallest absolute Gasteiger partial charge is 0.129 e. The molecule has 0 aromatic carbocycles. The fourth-order valence-corrected chi connectivity index (χ4v) is 1.61. The van der Waals surface area contributed by atoms with Crippen LogP contribution in [0, 0.1) is 0 Å². The molecule has 1 aromatic heterocycles. The van der Waals surface area contributed by atoms with Gasteiger partial charge in [-0.1, -0.05) is 0 Å². The molecule has 0 saturated carbocycles. The van der Waals surface area contributed by atoms with E-state index in [1.54, 1.807) is 6.07 Å². The van der Waals surface area contributed by atoms with Gasteiger partial charge < -0.3 is 20.1 Å². The molecule has 6 heteroatoms. The molecule has 3 N–H and O–H groups in total. The summed E-state index contributed by atoms with van der Waals surface area (Å²) in [6, 6.07) is 1.60. The Balaban J connectivity index is 2.19. The highest BCUT2D eigenvalue weighted by molar-refractivity contribution is 5.09. The van der Waals surface area contributed by atoms with Crippen LogP contribution in [0.1, 0.15) is 11.8 Å². The SMILES string of the molecule is OC[C@H]1OC(c2ccncn2)[C@H](O)[C@@H]1O. The van der Waals surface area contributed by atoms with Crippen molar-refractivity contribution in [1.82, 2.24) is 9.97 Å². The normalized spacial score (nSPS) is 35.7. The number of aliphatic hydroxyl groups is 3. The number of hydrogen-bond donors (Lipinski definition) is 3. The van der Waals surface area contributed by atoms with Gasteiger partial charge in [-0.2, -0.15) is 0 Å². The van der Waals surface area contributed by atoms with Crippen LogP contribution in [-0.4, -0.2) is 50.2 Å². The Morgan fingerprint density at radius 1 is 1.33 bits per heavy atom. The quantitative estimate of drug-likeness (QED) is 0.560. The molecule has 1 aromatic rings. The average molecular weight is 212 g/mol. The monoisotopic (exact) mass is 212 g/mol. The summed E-state index contributed by atoms with van der Waals surface area (Å²) in [5.74, 6) is 0. The lowest BCUT2D eigenvalue weighted by atomic mass is 10.1. The largest absolute Gasteiger partial charge is 0.394 e. The number of aromatic nitrogens is 2. The summed E-state index contributed by atoms with van der Waals surface area (Å²) in [6.45, 7) is -0.334. The van der Waals surface area contributed by atoms with Crippen LogP contribution in [0.25, 0.3) is 0 Å². The lowest BCUT2D eigenvalue weighted by Crippen LogP contribution is -2.32. The van der Waals surface area contributed by atoms with Crippen molar-refractivity contribution < 1.29 is 20.1 Å². The van der Waals surface area contributed by atoms with Crippen molar-refractivity contribution in [3.8, 4) is 0 Å². The Morgan fingerprint density at radius 3 is 2.67 bits per heavy atom. The number of ether oxygens (including phenoxy) is 1. The third-order valence-electron chi connectivity index (χ3n) is 2.44. The third-order valence-corrected chi connectivity index (χ3v) is 2.44. The van der Waals surface area contributed by atoms with Crippen molar-refractivity contribution in [2.24, 2.45) is 0 Å².